The topological polar surface area (TPSA) is 35.5 Å². The first-order valence-electron chi connectivity index (χ1n) is 7.40. The summed E-state index contributed by atoms with van der Waals surface area (Å²) in [4.78, 5) is 11.2. The van der Waals surface area contributed by atoms with Gasteiger partial charge in [-0.25, -0.2) is 9.18 Å². The van der Waals surface area contributed by atoms with E-state index in [1.54, 1.807) is 19.1 Å². The Bertz CT molecular complexity index is 560. The van der Waals surface area contributed by atoms with Crippen molar-refractivity contribution in [3.05, 3.63) is 35.7 Å². The Labute approximate surface area is 133 Å². The summed E-state index contributed by atoms with van der Waals surface area (Å²) in [5.41, 5.74) is 0.591. The van der Waals surface area contributed by atoms with Crippen LogP contribution < -0.4 is 4.43 Å². The number of rotatable bonds is 5. The molecule has 3 nitrogen and oxygen atoms in total. The molecule has 1 aromatic carbocycles. The minimum Gasteiger partial charge on any atom is -0.542 e. The lowest BCUT2D eigenvalue weighted by Gasteiger charge is -2.36. The van der Waals surface area contributed by atoms with E-state index >= 15 is 0 Å². The van der Waals surface area contributed by atoms with Crippen LogP contribution in [0.1, 0.15) is 33.3 Å². The van der Waals surface area contributed by atoms with Gasteiger partial charge in [-0.2, -0.15) is 0 Å². The van der Waals surface area contributed by atoms with Gasteiger partial charge >= 0.3 is 5.97 Å². The van der Waals surface area contributed by atoms with Crippen molar-refractivity contribution < 1.29 is 18.3 Å². The molecule has 0 aliphatic heterocycles. The molecule has 1 rings (SSSR count). The SMILES string of the molecule is CCOC(=O)/C=C/c1ccc(O[Si](C)(C)C(C)(C)C)c(F)c1. The zero-order valence-electron chi connectivity index (χ0n) is 14.2. The van der Waals surface area contributed by atoms with Crippen LogP contribution >= 0.6 is 0 Å². The first-order valence-corrected chi connectivity index (χ1v) is 10.3. The lowest BCUT2D eigenvalue weighted by atomic mass is 10.2. The summed E-state index contributed by atoms with van der Waals surface area (Å²) in [5.74, 6) is -0.597. The van der Waals surface area contributed by atoms with Crippen LogP contribution in [0.15, 0.2) is 24.3 Å². The number of hydrogen-bond donors (Lipinski definition) is 0. The molecule has 0 radical (unpaired) electrons. The zero-order chi connectivity index (χ0) is 17.0. The van der Waals surface area contributed by atoms with Crippen molar-refractivity contribution in [2.75, 3.05) is 6.61 Å². The van der Waals surface area contributed by atoms with E-state index in [-0.39, 0.29) is 10.8 Å². The van der Waals surface area contributed by atoms with Crippen molar-refractivity contribution >= 4 is 20.4 Å². The molecule has 0 spiro atoms. The van der Waals surface area contributed by atoms with E-state index in [4.69, 9.17) is 9.16 Å². The van der Waals surface area contributed by atoms with E-state index in [0.29, 0.717) is 12.2 Å². The summed E-state index contributed by atoms with van der Waals surface area (Å²) in [7, 11) is -2.07. The van der Waals surface area contributed by atoms with E-state index in [1.807, 2.05) is 0 Å². The predicted octanol–water partition coefficient (Wildman–Crippen LogP) is 4.79. The van der Waals surface area contributed by atoms with Gasteiger partial charge in [-0.1, -0.05) is 26.8 Å². The Kier molecular flexibility index (Phi) is 5.94. The number of carbonyl (C=O) groups is 1. The number of esters is 1. The van der Waals surface area contributed by atoms with Gasteiger partial charge in [0, 0.05) is 6.08 Å². The Morgan fingerprint density at radius 2 is 1.95 bits per heavy atom. The highest BCUT2D eigenvalue weighted by atomic mass is 28.4. The molecule has 0 fully saturated rings. The van der Waals surface area contributed by atoms with Gasteiger partial charge in [-0.3, -0.25) is 0 Å². The van der Waals surface area contributed by atoms with Crippen molar-refractivity contribution in [1.29, 1.82) is 0 Å². The standard InChI is InChI=1S/C17H25FO3Si/c1-7-20-16(19)11-9-13-8-10-15(14(18)12-13)21-22(5,6)17(2,3)4/h8-12H,7H2,1-6H3/b11-9+. The number of carbonyl (C=O) groups excluding carboxylic acids is 1. The van der Waals surface area contributed by atoms with Crippen LogP contribution in [0.25, 0.3) is 6.08 Å². The molecule has 5 heteroatoms. The highest BCUT2D eigenvalue weighted by Gasteiger charge is 2.39. The van der Waals surface area contributed by atoms with Crippen LogP contribution in [-0.4, -0.2) is 20.9 Å². The van der Waals surface area contributed by atoms with Crippen LogP contribution in [0.3, 0.4) is 0 Å². The van der Waals surface area contributed by atoms with Crippen LogP contribution in [0.4, 0.5) is 4.39 Å². The Hall–Kier alpha value is -1.62. The summed E-state index contributed by atoms with van der Waals surface area (Å²) in [6.07, 6.45) is 2.81. The van der Waals surface area contributed by atoms with Crippen molar-refractivity contribution in [3.8, 4) is 5.75 Å². The quantitative estimate of drug-likeness (QED) is 0.444. The number of ether oxygens (including phenoxy) is 1. The van der Waals surface area contributed by atoms with Crippen molar-refractivity contribution in [2.24, 2.45) is 0 Å². The molecule has 0 aliphatic carbocycles. The summed E-state index contributed by atoms with van der Waals surface area (Å²) in [6.45, 7) is 12.5. The smallest absolute Gasteiger partial charge is 0.330 e. The fourth-order valence-corrected chi connectivity index (χ4v) is 2.51. The predicted molar refractivity (Wildman–Crippen MR) is 89.9 cm³/mol. The molecule has 0 aromatic heterocycles. The van der Waals surface area contributed by atoms with Gasteiger partial charge in [0.25, 0.3) is 8.32 Å². The fraction of sp³-hybridized carbons (Fsp3) is 0.471. The molecule has 0 heterocycles. The van der Waals surface area contributed by atoms with Gasteiger partial charge in [-0.15, -0.1) is 0 Å². The highest BCUT2D eigenvalue weighted by Crippen LogP contribution is 2.38. The summed E-state index contributed by atoms with van der Waals surface area (Å²) in [5, 5.41) is 0.00191. The molecule has 0 saturated heterocycles. The molecule has 0 amide bonds. The minimum absolute atomic E-state index is 0.00191. The Morgan fingerprint density at radius 1 is 1.32 bits per heavy atom. The average molecular weight is 324 g/mol. The molecule has 22 heavy (non-hydrogen) atoms. The van der Waals surface area contributed by atoms with Gasteiger partial charge in [0.1, 0.15) is 5.75 Å². The normalized spacial score (nSPS) is 12.5. The largest absolute Gasteiger partial charge is 0.542 e. The molecule has 0 atom stereocenters. The third-order valence-corrected chi connectivity index (χ3v) is 8.17. The second kappa shape index (κ2) is 7.09. The molecule has 0 bridgehead atoms. The second-order valence-corrected chi connectivity index (χ2v) is 11.4. The van der Waals surface area contributed by atoms with Gasteiger partial charge in [0.2, 0.25) is 0 Å². The van der Waals surface area contributed by atoms with Gasteiger partial charge < -0.3 is 9.16 Å². The van der Waals surface area contributed by atoms with E-state index < -0.39 is 20.1 Å². The maximum absolute atomic E-state index is 14.2. The molecule has 0 saturated carbocycles. The van der Waals surface area contributed by atoms with E-state index in [2.05, 4.69) is 33.9 Å². The van der Waals surface area contributed by atoms with E-state index in [0.717, 1.165) is 0 Å². The second-order valence-electron chi connectivity index (χ2n) is 6.64. The number of halogens is 1. The van der Waals surface area contributed by atoms with Gasteiger partial charge in [-0.05, 0) is 48.8 Å². The summed E-state index contributed by atoms with van der Waals surface area (Å²) in [6, 6.07) is 4.69. The van der Waals surface area contributed by atoms with Crippen molar-refractivity contribution in [3.63, 3.8) is 0 Å². The summed E-state index contributed by atoms with van der Waals surface area (Å²) < 4.78 is 24.9. The third kappa shape index (κ3) is 4.98. The van der Waals surface area contributed by atoms with Gasteiger partial charge in [0.05, 0.1) is 6.61 Å². The molecule has 1 aromatic rings. The van der Waals surface area contributed by atoms with Crippen molar-refractivity contribution in [1.82, 2.24) is 0 Å². The highest BCUT2D eigenvalue weighted by molar-refractivity contribution is 6.74. The van der Waals surface area contributed by atoms with Crippen LogP contribution in [0.5, 0.6) is 5.75 Å². The fourth-order valence-electron chi connectivity index (χ4n) is 1.49. The van der Waals surface area contributed by atoms with Crippen LogP contribution in [0, 0.1) is 5.82 Å². The number of hydrogen-bond acceptors (Lipinski definition) is 3. The van der Waals surface area contributed by atoms with E-state index in [9.17, 15) is 9.18 Å². The molecule has 0 unspecified atom stereocenters. The molecule has 0 N–H and O–H groups in total. The van der Waals surface area contributed by atoms with Crippen molar-refractivity contribution in [2.45, 2.75) is 45.8 Å². The number of benzene rings is 1. The van der Waals surface area contributed by atoms with E-state index in [1.165, 1.54) is 18.2 Å². The minimum atomic E-state index is -2.07. The lowest BCUT2D eigenvalue weighted by molar-refractivity contribution is -0.137. The third-order valence-electron chi connectivity index (χ3n) is 3.83. The monoisotopic (exact) mass is 324 g/mol. The molecular formula is C17H25FO3Si. The first-order chi connectivity index (χ1) is 10.1. The van der Waals surface area contributed by atoms with Crippen LogP contribution in [0.2, 0.25) is 18.1 Å². The first kappa shape index (κ1) is 18.4. The molecule has 0 aliphatic rings. The average Bonchev–Trinajstić information content (AvgIpc) is 2.38. The molecular weight excluding hydrogens is 299 g/mol. The Balaban J connectivity index is 2.89. The van der Waals surface area contributed by atoms with Crippen LogP contribution in [-0.2, 0) is 9.53 Å². The lowest BCUT2D eigenvalue weighted by Crippen LogP contribution is -2.44. The summed E-state index contributed by atoms with van der Waals surface area (Å²) >= 11 is 0. The Morgan fingerprint density at radius 3 is 2.45 bits per heavy atom. The maximum atomic E-state index is 14.2. The maximum Gasteiger partial charge on any atom is 0.330 e. The van der Waals surface area contributed by atoms with Gasteiger partial charge in [0.15, 0.2) is 5.82 Å². The molecule has 122 valence electrons. The zero-order valence-corrected chi connectivity index (χ0v) is 15.2.